The van der Waals surface area contributed by atoms with Gasteiger partial charge in [-0.3, -0.25) is 25.4 Å². The molecule has 1 aliphatic heterocycles. The number of nitrogens with zero attached hydrogens (tertiary/aromatic N) is 2. The SMILES string of the molecule is O=C(NNC(=O)c1cc(-c2ccccc2)c(N2CCOCC2)s1)c1cccnc1. The molecule has 3 aromatic rings. The molecule has 7 nitrogen and oxygen atoms in total. The maximum absolute atomic E-state index is 12.7. The molecule has 148 valence electrons. The van der Waals surface area contributed by atoms with E-state index in [1.54, 1.807) is 18.3 Å². The van der Waals surface area contributed by atoms with Crippen molar-refractivity contribution in [2.75, 3.05) is 31.2 Å². The van der Waals surface area contributed by atoms with Gasteiger partial charge in [0.2, 0.25) is 0 Å². The predicted molar refractivity (Wildman–Crippen MR) is 112 cm³/mol. The van der Waals surface area contributed by atoms with Crippen molar-refractivity contribution in [3.63, 3.8) is 0 Å². The van der Waals surface area contributed by atoms with Crippen LogP contribution in [0.1, 0.15) is 20.0 Å². The minimum Gasteiger partial charge on any atom is -0.378 e. The molecule has 2 amide bonds. The van der Waals surface area contributed by atoms with Crippen molar-refractivity contribution in [2.24, 2.45) is 0 Å². The first-order valence-corrected chi connectivity index (χ1v) is 10.1. The van der Waals surface area contributed by atoms with E-state index in [2.05, 4.69) is 20.7 Å². The third kappa shape index (κ3) is 4.44. The van der Waals surface area contributed by atoms with Crippen LogP contribution in [0.4, 0.5) is 5.00 Å². The molecular formula is C21H20N4O3S. The van der Waals surface area contributed by atoms with E-state index in [4.69, 9.17) is 4.74 Å². The van der Waals surface area contributed by atoms with Crippen molar-refractivity contribution in [3.05, 3.63) is 71.4 Å². The second-order valence-electron chi connectivity index (χ2n) is 6.44. The Morgan fingerprint density at radius 1 is 1.00 bits per heavy atom. The van der Waals surface area contributed by atoms with Gasteiger partial charge in [0.25, 0.3) is 11.8 Å². The molecule has 4 rings (SSSR count). The lowest BCUT2D eigenvalue weighted by molar-refractivity contribution is 0.0848. The number of carbonyl (C=O) groups excluding carboxylic acids is 2. The summed E-state index contributed by atoms with van der Waals surface area (Å²) in [5.41, 5.74) is 7.35. The third-order valence-electron chi connectivity index (χ3n) is 4.53. The van der Waals surface area contributed by atoms with Gasteiger partial charge < -0.3 is 9.64 Å². The van der Waals surface area contributed by atoms with E-state index >= 15 is 0 Å². The van der Waals surface area contributed by atoms with Gasteiger partial charge in [0.1, 0.15) is 0 Å². The van der Waals surface area contributed by atoms with Gasteiger partial charge in [-0.15, -0.1) is 11.3 Å². The molecule has 0 unspecified atom stereocenters. The van der Waals surface area contributed by atoms with E-state index in [9.17, 15) is 9.59 Å². The van der Waals surface area contributed by atoms with Crippen LogP contribution in [0.2, 0.25) is 0 Å². The number of thiophene rings is 1. The molecule has 1 aliphatic rings. The fourth-order valence-electron chi connectivity index (χ4n) is 3.06. The number of aromatic nitrogens is 1. The number of pyridine rings is 1. The fourth-order valence-corrected chi connectivity index (χ4v) is 4.19. The quantitative estimate of drug-likeness (QED) is 0.649. The molecule has 0 bridgehead atoms. The monoisotopic (exact) mass is 408 g/mol. The Labute approximate surface area is 172 Å². The number of rotatable bonds is 4. The van der Waals surface area contributed by atoms with Crippen LogP contribution in [-0.4, -0.2) is 43.1 Å². The second kappa shape index (κ2) is 8.85. The maximum Gasteiger partial charge on any atom is 0.279 e. The molecule has 3 heterocycles. The van der Waals surface area contributed by atoms with Gasteiger partial charge in [0.15, 0.2) is 0 Å². The number of ether oxygens (including phenoxy) is 1. The third-order valence-corrected chi connectivity index (χ3v) is 5.73. The normalized spacial score (nSPS) is 13.7. The Balaban J connectivity index is 1.54. The lowest BCUT2D eigenvalue weighted by atomic mass is 10.1. The standard InChI is InChI=1S/C21H20N4O3S/c26-19(16-7-4-8-22-14-16)23-24-20(27)18-13-17(15-5-2-1-3-6-15)21(29-18)25-9-11-28-12-10-25/h1-8,13-14H,9-12H2,(H,23,26)(H,24,27). The number of hydrogen-bond donors (Lipinski definition) is 2. The van der Waals surface area contributed by atoms with Gasteiger partial charge in [0.05, 0.1) is 28.7 Å². The van der Waals surface area contributed by atoms with E-state index in [0.717, 1.165) is 29.2 Å². The van der Waals surface area contributed by atoms with Crippen molar-refractivity contribution in [1.29, 1.82) is 0 Å². The van der Waals surface area contributed by atoms with Crippen LogP contribution in [0, 0.1) is 0 Å². The average Bonchev–Trinajstić information content (AvgIpc) is 3.25. The summed E-state index contributed by atoms with van der Waals surface area (Å²) in [6, 6.07) is 15.1. The number of anilines is 1. The summed E-state index contributed by atoms with van der Waals surface area (Å²) in [4.78, 5) is 31.5. The zero-order valence-corrected chi connectivity index (χ0v) is 16.4. The lowest BCUT2D eigenvalue weighted by Crippen LogP contribution is -2.41. The first-order chi connectivity index (χ1) is 14.2. The Morgan fingerprint density at radius 3 is 2.48 bits per heavy atom. The minimum absolute atomic E-state index is 0.357. The zero-order valence-electron chi connectivity index (χ0n) is 15.6. The van der Waals surface area contributed by atoms with Crippen molar-refractivity contribution in [3.8, 4) is 11.1 Å². The predicted octanol–water partition coefficient (Wildman–Crippen LogP) is 2.72. The number of morpholine rings is 1. The Morgan fingerprint density at radius 2 is 1.76 bits per heavy atom. The Hall–Kier alpha value is -3.23. The van der Waals surface area contributed by atoms with Crippen LogP contribution < -0.4 is 15.8 Å². The van der Waals surface area contributed by atoms with Crippen molar-refractivity contribution in [2.45, 2.75) is 0 Å². The van der Waals surface area contributed by atoms with Gasteiger partial charge in [-0.2, -0.15) is 0 Å². The van der Waals surface area contributed by atoms with Crippen molar-refractivity contribution in [1.82, 2.24) is 15.8 Å². The van der Waals surface area contributed by atoms with Crippen LogP contribution in [0.15, 0.2) is 60.9 Å². The summed E-state index contributed by atoms with van der Waals surface area (Å²) in [5, 5.41) is 1.03. The topological polar surface area (TPSA) is 83.6 Å². The van der Waals surface area contributed by atoms with E-state index in [1.165, 1.54) is 17.5 Å². The van der Waals surface area contributed by atoms with Gasteiger partial charge in [-0.05, 0) is 23.8 Å². The van der Waals surface area contributed by atoms with Gasteiger partial charge >= 0.3 is 0 Å². The first kappa shape index (κ1) is 19.1. The largest absolute Gasteiger partial charge is 0.378 e. The Kier molecular flexibility index (Phi) is 5.83. The smallest absolute Gasteiger partial charge is 0.279 e. The minimum atomic E-state index is -0.417. The van der Waals surface area contributed by atoms with Crippen LogP contribution in [0.25, 0.3) is 11.1 Å². The highest BCUT2D eigenvalue weighted by Crippen LogP contribution is 2.39. The zero-order chi connectivity index (χ0) is 20.1. The highest BCUT2D eigenvalue weighted by molar-refractivity contribution is 7.18. The molecule has 2 N–H and O–H groups in total. The fraction of sp³-hybridized carbons (Fsp3) is 0.190. The first-order valence-electron chi connectivity index (χ1n) is 9.25. The molecule has 1 aromatic carbocycles. The molecule has 1 fully saturated rings. The molecule has 0 aliphatic carbocycles. The van der Waals surface area contributed by atoms with Crippen LogP contribution >= 0.6 is 11.3 Å². The number of hydrazine groups is 1. The highest BCUT2D eigenvalue weighted by atomic mass is 32.1. The molecular weight excluding hydrogens is 388 g/mol. The van der Waals surface area contributed by atoms with E-state index in [-0.39, 0.29) is 5.91 Å². The molecule has 0 radical (unpaired) electrons. The van der Waals surface area contributed by atoms with Crippen molar-refractivity contribution >= 4 is 28.2 Å². The van der Waals surface area contributed by atoms with Crippen LogP contribution in [0.3, 0.4) is 0 Å². The van der Waals surface area contributed by atoms with Gasteiger partial charge in [0, 0.05) is 31.0 Å². The van der Waals surface area contributed by atoms with Crippen LogP contribution in [0.5, 0.6) is 0 Å². The summed E-state index contributed by atoms with van der Waals surface area (Å²) >= 11 is 1.41. The summed E-state index contributed by atoms with van der Waals surface area (Å²) in [5.74, 6) is -0.774. The number of benzene rings is 1. The Bertz CT molecular complexity index is 986. The molecule has 0 spiro atoms. The number of hydrogen-bond acceptors (Lipinski definition) is 6. The summed E-state index contributed by atoms with van der Waals surface area (Å²) in [6.45, 7) is 2.88. The molecule has 0 saturated carbocycles. The highest BCUT2D eigenvalue weighted by Gasteiger charge is 2.22. The maximum atomic E-state index is 12.7. The molecule has 2 aromatic heterocycles. The second-order valence-corrected chi connectivity index (χ2v) is 7.48. The van der Waals surface area contributed by atoms with Crippen molar-refractivity contribution < 1.29 is 14.3 Å². The summed E-state index contributed by atoms with van der Waals surface area (Å²) in [6.07, 6.45) is 3.02. The van der Waals surface area contributed by atoms with E-state index in [0.29, 0.717) is 23.7 Å². The van der Waals surface area contributed by atoms with E-state index < -0.39 is 5.91 Å². The molecule has 29 heavy (non-hydrogen) atoms. The van der Waals surface area contributed by atoms with Gasteiger partial charge in [-0.25, -0.2) is 0 Å². The van der Waals surface area contributed by atoms with E-state index in [1.807, 2.05) is 36.4 Å². The average molecular weight is 408 g/mol. The number of carbonyl (C=O) groups is 2. The summed E-state index contributed by atoms with van der Waals surface area (Å²) < 4.78 is 5.46. The molecule has 8 heteroatoms. The van der Waals surface area contributed by atoms with Gasteiger partial charge in [-0.1, -0.05) is 30.3 Å². The lowest BCUT2D eigenvalue weighted by Gasteiger charge is -2.28. The van der Waals surface area contributed by atoms with Crippen LogP contribution in [-0.2, 0) is 4.74 Å². The summed E-state index contributed by atoms with van der Waals surface area (Å²) in [7, 11) is 0. The molecule has 0 atom stereocenters. The molecule has 1 saturated heterocycles. The number of amides is 2. The number of nitrogens with one attached hydrogen (secondary N) is 2.